The zero-order chi connectivity index (χ0) is 41.4. The zero-order valence-corrected chi connectivity index (χ0v) is 33.1. The Morgan fingerprint density at radius 2 is 1.72 bits per heavy atom. The third kappa shape index (κ3) is 8.91. The van der Waals surface area contributed by atoms with E-state index in [4.69, 9.17) is 17.0 Å². The van der Waals surface area contributed by atoms with Gasteiger partial charge in [0.25, 0.3) is 5.91 Å². The fourth-order valence-electron chi connectivity index (χ4n) is 7.93. The predicted octanol–water partition coefficient (Wildman–Crippen LogP) is 5.17. The van der Waals surface area contributed by atoms with E-state index in [1.807, 2.05) is 36.4 Å². The molecule has 12 nitrogen and oxygen atoms in total. The third-order valence-electron chi connectivity index (χ3n) is 11.2. The van der Waals surface area contributed by atoms with Crippen molar-refractivity contribution >= 4 is 52.2 Å². The van der Waals surface area contributed by atoms with Crippen LogP contribution in [0.2, 0.25) is 0 Å². The van der Waals surface area contributed by atoms with Crippen molar-refractivity contribution in [2.24, 2.45) is 5.92 Å². The number of anilines is 2. The Morgan fingerprint density at radius 1 is 1.00 bits per heavy atom. The molecule has 1 unspecified atom stereocenters. The lowest BCUT2D eigenvalue weighted by Crippen LogP contribution is -2.48. The van der Waals surface area contributed by atoms with Gasteiger partial charge in [-0.3, -0.25) is 39.2 Å². The van der Waals surface area contributed by atoms with Gasteiger partial charge in [0.05, 0.1) is 24.0 Å². The lowest BCUT2D eigenvalue weighted by atomic mass is 9.90. The molecule has 1 aromatic heterocycles. The van der Waals surface area contributed by atoms with Crippen LogP contribution in [0.5, 0.6) is 5.75 Å². The average Bonchev–Trinajstić information content (AvgIpc) is 4.00. The Balaban J connectivity index is 0.914. The molecule has 16 heteroatoms. The second kappa shape index (κ2) is 16.6. The summed E-state index contributed by atoms with van der Waals surface area (Å²) in [5, 5.41) is 11.6. The molecule has 1 atom stereocenters. The molecule has 3 aliphatic heterocycles. The number of piperazine rings is 1. The van der Waals surface area contributed by atoms with Gasteiger partial charge in [-0.25, -0.2) is 4.98 Å². The molecular weight excluding hydrogens is 772 g/mol. The first kappa shape index (κ1) is 40.9. The summed E-state index contributed by atoms with van der Waals surface area (Å²) in [7, 11) is 0. The molecule has 4 heterocycles. The number of imide groups is 1. The van der Waals surface area contributed by atoms with Gasteiger partial charge in [-0.1, -0.05) is 24.3 Å². The maximum Gasteiger partial charge on any atom is 0.419 e. The van der Waals surface area contributed by atoms with Crippen molar-refractivity contribution < 1.29 is 37.1 Å². The van der Waals surface area contributed by atoms with Crippen LogP contribution in [0.1, 0.15) is 73.4 Å². The lowest BCUT2D eigenvalue weighted by molar-refractivity contribution is -0.138. The molecule has 3 aromatic rings. The summed E-state index contributed by atoms with van der Waals surface area (Å²) in [5.74, 6) is -0.107. The average molecular weight is 816 g/mol. The third-order valence-corrected chi connectivity index (χ3v) is 11.6. The van der Waals surface area contributed by atoms with Crippen LogP contribution in [0.15, 0.2) is 54.7 Å². The number of alkyl halides is 3. The molecule has 4 fully saturated rings. The summed E-state index contributed by atoms with van der Waals surface area (Å²) < 4.78 is 47.6. The number of halogens is 3. The molecule has 4 aliphatic rings. The summed E-state index contributed by atoms with van der Waals surface area (Å²) >= 11 is 5.72. The van der Waals surface area contributed by atoms with Crippen molar-refractivity contribution in [3.8, 4) is 11.8 Å². The van der Waals surface area contributed by atoms with Gasteiger partial charge in [0, 0.05) is 57.2 Å². The van der Waals surface area contributed by atoms with Gasteiger partial charge in [-0.15, -0.1) is 0 Å². The standard InChI is InChI=1S/C42H44F3N7O5S/c1-41(2)39(56)51(31-22-34(42(43,44)45)35(23-46)47-24-31)40(58)52(41)30-9-10-36(33(21-30)28-6-7-28)57-17-16-49-12-14-50(15-13-49)25-32(53)20-27-5-3-4-26(18-27)19-29-8-11-37(54)48-38(29)55/h3-5,9-10,18,21-22,24,28-29H,6-8,11-17,19-20,25H2,1-2H3,(H,48,54,55). The Bertz CT molecular complexity index is 2180. The molecule has 0 radical (unpaired) electrons. The molecule has 1 N–H and O–H groups in total. The van der Waals surface area contributed by atoms with E-state index in [0.717, 1.165) is 78.6 Å². The van der Waals surface area contributed by atoms with E-state index < -0.39 is 28.9 Å². The van der Waals surface area contributed by atoms with Crippen molar-refractivity contribution in [1.29, 1.82) is 5.26 Å². The highest BCUT2D eigenvalue weighted by Crippen LogP contribution is 2.47. The number of carbonyl (C=O) groups excluding carboxylic acids is 4. The maximum atomic E-state index is 13.8. The minimum Gasteiger partial charge on any atom is -0.492 e. The second-order valence-electron chi connectivity index (χ2n) is 15.9. The number of hydrogen-bond acceptors (Lipinski definition) is 10. The van der Waals surface area contributed by atoms with E-state index in [9.17, 15) is 37.6 Å². The normalized spacial score (nSPS) is 20.3. The number of rotatable bonds is 13. The number of ketones is 1. The van der Waals surface area contributed by atoms with E-state index in [-0.39, 0.29) is 40.2 Å². The second-order valence-corrected chi connectivity index (χ2v) is 16.2. The molecule has 1 aliphatic carbocycles. The largest absolute Gasteiger partial charge is 0.492 e. The number of nitriles is 1. The number of amides is 3. The molecule has 2 aromatic carbocycles. The minimum atomic E-state index is -4.85. The Kier molecular flexibility index (Phi) is 11.7. The number of hydrogen-bond donors (Lipinski definition) is 1. The highest BCUT2D eigenvalue weighted by Gasteiger charge is 2.51. The number of aromatic nitrogens is 1. The summed E-state index contributed by atoms with van der Waals surface area (Å²) in [6.45, 7) is 7.90. The van der Waals surface area contributed by atoms with Gasteiger partial charge < -0.3 is 9.64 Å². The highest BCUT2D eigenvalue weighted by molar-refractivity contribution is 7.81. The SMILES string of the molecule is CC1(C)C(=O)N(c2cnc(C#N)c(C(F)(F)F)c2)C(=S)N1c1ccc(OCCN2CCN(CC(=O)Cc3cccc(CC4CCC(=O)NC4=O)c3)CC2)c(C2CC2)c1. The quantitative estimate of drug-likeness (QED) is 0.181. The maximum absolute atomic E-state index is 13.8. The van der Waals surface area contributed by atoms with Crippen LogP contribution in [-0.4, -0.2) is 94.8 Å². The summed E-state index contributed by atoms with van der Waals surface area (Å²) in [6, 6.07) is 15.6. The van der Waals surface area contributed by atoms with Crippen LogP contribution in [0, 0.1) is 17.2 Å². The number of piperidine rings is 1. The van der Waals surface area contributed by atoms with E-state index in [1.54, 1.807) is 24.8 Å². The molecule has 0 bridgehead atoms. The molecule has 0 spiro atoms. The first-order valence-electron chi connectivity index (χ1n) is 19.4. The fourth-order valence-corrected chi connectivity index (χ4v) is 8.45. The number of pyridine rings is 1. The van der Waals surface area contributed by atoms with Crippen molar-refractivity contribution in [2.45, 2.75) is 70.0 Å². The molecule has 58 heavy (non-hydrogen) atoms. The number of nitrogens with one attached hydrogen (secondary N) is 1. The van der Waals surface area contributed by atoms with E-state index >= 15 is 0 Å². The van der Waals surface area contributed by atoms with E-state index in [1.165, 1.54) is 6.07 Å². The number of Topliss-reactive ketones (excluding diaryl/α,β-unsaturated/α-hetero) is 1. The molecule has 304 valence electrons. The number of thiocarbonyl (C=S) groups is 1. The Morgan fingerprint density at radius 3 is 2.41 bits per heavy atom. The Hall–Kier alpha value is -5.24. The highest BCUT2D eigenvalue weighted by atomic mass is 32.1. The zero-order valence-electron chi connectivity index (χ0n) is 32.3. The van der Waals surface area contributed by atoms with Gasteiger partial charge in [-0.05, 0) is 98.6 Å². The topological polar surface area (TPSA) is 139 Å². The van der Waals surface area contributed by atoms with Gasteiger partial charge >= 0.3 is 6.18 Å². The fraction of sp³-hybridized carbons (Fsp3) is 0.452. The minimum absolute atomic E-state index is 0.00197. The lowest BCUT2D eigenvalue weighted by Gasteiger charge is -2.34. The van der Waals surface area contributed by atoms with Crippen molar-refractivity contribution in [2.75, 3.05) is 55.7 Å². The van der Waals surface area contributed by atoms with E-state index in [2.05, 4.69) is 20.1 Å². The molecule has 3 amide bonds. The molecule has 3 saturated heterocycles. The number of carbonyl (C=O) groups is 4. The van der Waals surface area contributed by atoms with E-state index in [0.29, 0.717) is 51.1 Å². The molecular formula is C42H44F3N7O5S. The van der Waals surface area contributed by atoms with Crippen LogP contribution >= 0.6 is 12.2 Å². The first-order valence-corrected chi connectivity index (χ1v) is 19.8. The van der Waals surface area contributed by atoms with Crippen molar-refractivity contribution in [1.82, 2.24) is 20.1 Å². The monoisotopic (exact) mass is 815 g/mol. The molecule has 1 saturated carbocycles. The molecule has 7 rings (SSSR count). The van der Waals surface area contributed by atoms with Crippen LogP contribution in [-0.2, 0) is 38.2 Å². The van der Waals surface area contributed by atoms with Crippen LogP contribution < -0.4 is 19.9 Å². The summed E-state index contributed by atoms with van der Waals surface area (Å²) in [6.07, 6.45) is -0.121. The number of ether oxygens (including phenoxy) is 1. The van der Waals surface area contributed by atoms with Gasteiger partial charge in [0.15, 0.2) is 16.6 Å². The smallest absolute Gasteiger partial charge is 0.419 e. The van der Waals surface area contributed by atoms with Gasteiger partial charge in [0.1, 0.15) is 24.0 Å². The van der Waals surface area contributed by atoms with Crippen LogP contribution in [0.3, 0.4) is 0 Å². The predicted molar refractivity (Wildman–Crippen MR) is 212 cm³/mol. The number of nitrogens with zero attached hydrogens (tertiary/aromatic N) is 6. The summed E-state index contributed by atoms with van der Waals surface area (Å²) in [4.78, 5) is 61.3. The van der Waals surface area contributed by atoms with Gasteiger partial charge in [-0.2, -0.15) is 18.4 Å². The number of benzene rings is 2. The first-order chi connectivity index (χ1) is 27.6. The van der Waals surface area contributed by atoms with Gasteiger partial charge in [0.2, 0.25) is 11.8 Å². The Labute approximate surface area is 339 Å². The van der Waals surface area contributed by atoms with Crippen molar-refractivity contribution in [3.63, 3.8) is 0 Å². The summed E-state index contributed by atoms with van der Waals surface area (Å²) in [5.41, 5.74) is 0.0520. The van der Waals surface area contributed by atoms with Crippen LogP contribution in [0.25, 0.3) is 0 Å². The van der Waals surface area contributed by atoms with Crippen molar-refractivity contribution in [3.05, 3.63) is 82.7 Å². The van der Waals surface area contributed by atoms with Crippen LogP contribution in [0.4, 0.5) is 24.5 Å².